The highest BCUT2D eigenvalue weighted by atomic mass is 16.3. The molecule has 1 rings (SSSR count). The summed E-state index contributed by atoms with van der Waals surface area (Å²) in [5.41, 5.74) is 1.75. The van der Waals surface area contributed by atoms with Crippen molar-refractivity contribution in [3.8, 4) is 5.75 Å². The monoisotopic (exact) mass is 167 g/mol. The van der Waals surface area contributed by atoms with Gasteiger partial charge in [0.25, 0.3) is 0 Å². The summed E-state index contributed by atoms with van der Waals surface area (Å²) < 4.78 is 0. The molecule has 66 valence electrons. The number of hydrogen-bond donors (Lipinski definition) is 3. The third-order valence-corrected chi connectivity index (χ3v) is 1.58. The molecule has 0 aliphatic carbocycles. The van der Waals surface area contributed by atoms with Crippen LogP contribution in [0.4, 0.5) is 5.69 Å². The lowest BCUT2D eigenvalue weighted by molar-refractivity contribution is 0.311. The van der Waals surface area contributed by atoms with Crippen LogP contribution in [0.3, 0.4) is 0 Å². The predicted octanol–water partition coefficient (Wildman–Crippen LogP) is 1.10. The molecule has 0 spiro atoms. The lowest BCUT2D eigenvalue weighted by atomic mass is 10.2. The number of aromatic hydroxyl groups is 1. The number of phenolic OH excluding ortho intramolecular Hbond substituents is 1. The molecule has 0 atom stereocenters. The van der Waals surface area contributed by atoms with Crippen LogP contribution in [-0.4, -0.2) is 23.4 Å². The summed E-state index contributed by atoms with van der Waals surface area (Å²) in [6.07, 6.45) is 0. The molecule has 3 nitrogen and oxygen atoms in total. The van der Waals surface area contributed by atoms with Gasteiger partial charge in [0.1, 0.15) is 5.75 Å². The van der Waals surface area contributed by atoms with Crippen LogP contribution in [0.25, 0.3) is 0 Å². The van der Waals surface area contributed by atoms with Crippen LogP contribution in [0.2, 0.25) is 0 Å². The highest BCUT2D eigenvalue weighted by Crippen LogP contribution is 2.23. The number of aliphatic hydroxyl groups is 1. The summed E-state index contributed by atoms with van der Waals surface area (Å²) in [5.74, 6) is 0.217. The minimum Gasteiger partial charge on any atom is -0.506 e. The van der Waals surface area contributed by atoms with Crippen molar-refractivity contribution in [1.82, 2.24) is 0 Å². The van der Waals surface area contributed by atoms with Gasteiger partial charge in [-0.15, -0.1) is 0 Å². The Morgan fingerprint density at radius 1 is 1.42 bits per heavy atom. The van der Waals surface area contributed by atoms with Gasteiger partial charge < -0.3 is 15.5 Å². The van der Waals surface area contributed by atoms with E-state index in [2.05, 4.69) is 5.32 Å². The molecule has 0 saturated carbocycles. The Morgan fingerprint density at radius 2 is 2.17 bits per heavy atom. The van der Waals surface area contributed by atoms with E-state index in [0.29, 0.717) is 12.2 Å². The van der Waals surface area contributed by atoms with Crippen molar-refractivity contribution in [1.29, 1.82) is 0 Å². The average Bonchev–Trinajstić information content (AvgIpc) is 2.07. The fraction of sp³-hybridized carbons (Fsp3) is 0.333. The number of nitrogens with one attached hydrogen (secondary N) is 1. The van der Waals surface area contributed by atoms with Crippen molar-refractivity contribution in [2.24, 2.45) is 0 Å². The number of aliphatic hydroxyl groups excluding tert-OH is 1. The Bertz CT molecular complexity index is 261. The van der Waals surface area contributed by atoms with Crippen LogP contribution in [-0.2, 0) is 0 Å². The van der Waals surface area contributed by atoms with Crippen LogP contribution in [0.1, 0.15) is 5.56 Å². The topological polar surface area (TPSA) is 52.5 Å². The molecule has 0 fully saturated rings. The number of aryl methyl sites for hydroxylation is 1. The minimum absolute atomic E-state index is 0.0629. The molecule has 0 bridgehead atoms. The maximum atomic E-state index is 9.32. The van der Waals surface area contributed by atoms with Crippen molar-refractivity contribution >= 4 is 5.69 Å². The van der Waals surface area contributed by atoms with Gasteiger partial charge in [0.15, 0.2) is 0 Å². The fourth-order valence-corrected chi connectivity index (χ4v) is 0.982. The number of hydrogen-bond acceptors (Lipinski definition) is 3. The van der Waals surface area contributed by atoms with E-state index in [-0.39, 0.29) is 12.4 Å². The van der Waals surface area contributed by atoms with Crippen LogP contribution in [0.5, 0.6) is 5.75 Å². The molecule has 0 amide bonds. The number of benzene rings is 1. The molecule has 3 heteroatoms. The Balaban J connectivity index is 2.75. The molecule has 1 aromatic carbocycles. The molecule has 3 N–H and O–H groups in total. The van der Waals surface area contributed by atoms with Gasteiger partial charge in [0, 0.05) is 6.54 Å². The highest BCUT2D eigenvalue weighted by Gasteiger charge is 1.98. The minimum atomic E-state index is 0.0629. The molecule has 0 aliphatic rings. The predicted molar refractivity (Wildman–Crippen MR) is 48.4 cm³/mol. The summed E-state index contributed by atoms with van der Waals surface area (Å²) in [5, 5.41) is 20.8. The molecule has 0 saturated heterocycles. The Morgan fingerprint density at radius 3 is 2.83 bits per heavy atom. The first-order valence-electron chi connectivity index (χ1n) is 3.88. The molecule has 1 aromatic rings. The van der Waals surface area contributed by atoms with E-state index in [4.69, 9.17) is 5.11 Å². The summed E-state index contributed by atoms with van der Waals surface area (Å²) >= 11 is 0. The van der Waals surface area contributed by atoms with Gasteiger partial charge in [-0.1, -0.05) is 6.07 Å². The summed E-state index contributed by atoms with van der Waals surface area (Å²) in [7, 11) is 0. The largest absolute Gasteiger partial charge is 0.506 e. The Labute approximate surface area is 71.7 Å². The molecule has 12 heavy (non-hydrogen) atoms. The van der Waals surface area contributed by atoms with Crippen LogP contribution in [0.15, 0.2) is 18.2 Å². The molecule has 0 unspecified atom stereocenters. The van der Waals surface area contributed by atoms with Crippen molar-refractivity contribution in [3.05, 3.63) is 23.8 Å². The third-order valence-electron chi connectivity index (χ3n) is 1.58. The van der Waals surface area contributed by atoms with E-state index >= 15 is 0 Å². The van der Waals surface area contributed by atoms with Gasteiger partial charge in [0.05, 0.1) is 12.3 Å². The zero-order chi connectivity index (χ0) is 8.97. The van der Waals surface area contributed by atoms with Gasteiger partial charge in [-0.3, -0.25) is 0 Å². The summed E-state index contributed by atoms with van der Waals surface area (Å²) in [6, 6.07) is 5.31. The summed E-state index contributed by atoms with van der Waals surface area (Å²) in [6.45, 7) is 2.47. The molecule has 0 aromatic heterocycles. The van der Waals surface area contributed by atoms with Gasteiger partial charge >= 0.3 is 0 Å². The van der Waals surface area contributed by atoms with E-state index in [1.165, 1.54) is 0 Å². The molecule has 0 aliphatic heterocycles. The lowest BCUT2D eigenvalue weighted by Crippen LogP contribution is -2.05. The van der Waals surface area contributed by atoms with E-state index in [0.717, 1.165) is 5.56 Å². The van der Waals surface area contributed by atoms with E-state index in [1.54, 1.807) is 6.07 Å². The molecule has 0 heterocycles. The highest BCUT2D eigenvalue weighted by molar-refractivity contribution is 5.57. The second kappa shape index (κ2) is 3.97. The smallest absolute Gasteiger partial charge is 0.138 e. The van der Waals surface area contributed by atoms with Crippen LogP contribution in [0, 0.1) is 6.92 Å². The fourth-order valence-electron chi connectivity index (χ4n) is 0.982. The summed E-state index contributed by atoms with van der Waals surface area (Å²) in [4.78, 5) is 0. The molecular formula is C9H13NO2. The van der Waals surface area contributed by atoms with Gasteiger partial charge in [-0.25, -0.2) is 0 Å². The average molecular weight is 167 g/mol. The van der Waals surface area contributed by atoms with Crippen LogP contribution < -0.4 is 5.32 Å². The normalized spacial score (nSPS) is 9.83. The van der Waals surface area contributed by atoms with Crippen molar-refractivity contribution in [2.45, 2.75) is 6.92 Å². The zero-order valence-corrected chi connectivity index (χ0v) is 7.04. The Kier molecular flexibility index (Phi) is 2.94. The maximum Gasteiger partial charge on any atom is 0.138 e. The van der Waals surface area contributed by atoms with Gasteiger partial charge in [-0.05, 0) is 24.6 Å². The van der Waals surface area contributed by atoms with Crippen molar-refractivity contribution in [2.75, 3.05) is 18.5 Å². The standard InChI is InChI=1S/C9H13NO2/c1-7-2-3-9(12)8(6-7)10-4-5-11/h2-3,6,10-12H,4-5H2,1H3. The van der Waals surface area contributed by atoms with Gasteiger partial charge in [0.2, 0.25) is 0 Å². The van der Waals surface area contributed by atoms with Crippen LogP contribution >= 0.6 is 0 Å². The molecular weight excluding hydrogens is 154 g/mol. The Hall–Kier alpha value is -1.22. The SMILES string of the molecule is Cc1ccc(O)c(NCCO)c1. The van der Waals surface area contributed by atoms with E-state index in [1.807, 2.05) is 19.1 Å². The second-order valence-corrected chi connectivity index (χ2v) is 2.67. The zero-order valence-electron chi connectivity index (χ0n) is 7.04. The number of phenols is 1. The van der Waals surface area contributed by atoms with Crippen molar-refractivity contribution < 1.29 is 10.2 Å². The first-order chi connectivity index (χ1) is 5.74. The second-order valence-electron chi connectivity index (χ2n) is 2.67. The number of anilines is 1. The first-order valence-corrected chi connectivity index (χ1v) is 3.88. The van der Waals surface area contributed by atoms with E-state index in [9.17, 15) is 5.11 Å². The lowest BCUT2D eigenvalue weighted by Gasteiger charge is -2.07. The number of rotatable bonds is 3. The third kappa shape index (κ3) is 2.13. The maximum absolute atomic E-state index is 9.32. The molecule has 0 radical (unpaired) electrons. The quantitative estimate of drug-likeness (QED) is 0.591. The van der Waals surface area contributed by atoms with Crippen molar-refractivity contribution in [3.63, 3.8) is 0 Å². The first kappa shape index (κ1) is 8.87. The van der Waals surface area contributed by atoms with E-state index < -0.39 is 0 Å². The van der Waals surface area contributed by atoms with Gasteiger partial charge in [-0.2, -0.15) is 0 Å².